The van der Waals surface area contributed by atoms with Crippen LogP contribution in [0.5, 0.6) is 0 Å². The lowest BCUT2D eigenvalue weighted by Crippen LogP contribution is -2.52. The van der Waals surface area contributed by atoms with E-state index in [0.717, 1.165) is 12.8 Å². The molecule has 5 heteroatoms. The fourth-order valence-electron chi connectivity index (χ4n) is 3.35. The molecule has 2 heterocycles. The Morgan fingerprint density at radius 2 is 1.70 bits per heavy atom. The van der Waals surface area contributed by atoms with Crippen LogP contribution < -0.4 is 0 Å². The van der Waals surface area contributed by atoms with Crippen LogP contribution in [0, 0.1) is 0 Å². The summed E-state index contributed by atoms with van der Waals surface area (Å²) >= 11 is -1.33. The van der Waals surface area contributed by atoms with Crippen LogP contribution >= 0.6 is 0 Å². The van der Waals surface area contributed by atoms with Crippen LogP contribution in [-0.4, -0.2) is 30.2 Å². The maximum Gasteiger partial charge on any atom is 0.185 e. The van der Waals surface area contributed by atoms with Crippen molar-refractivity contribution in [2.45, 2.75) is 36.2 Å². The number of pyridine rings is 1. The smallest absolute Gasteiger partial charge is 0.185 e. The predicted octanol–water partition coefficient (Wildman–Crippen LogP) is 2.52. The number of benzene rings is 1. The number of aliphatic hydroxyl groups excluding tert-OH is 2. The molecule has 1 saturated heterocycles. The number of rotatable bonds is 4. The van der Waals surface area contributed by atoms with Crippen molar-refractivity contribution in [3.8, 4) is 0 Å². The van der Waals surface area contributed by atoms with Gasteiger partial charge >= 0.3 is 0 Å². The van der Waals surface area contributed by atoms with Gasteiger partial charge in [0.2, 0.25) is 0 Å². The number of hydrogen-bond donors (Lipinski definition) is 2. The third kappa shape index (κ3) is 3.02. The maximum absolute atomic E-state index is 12.9. The highest BCUT2D eigenvalue weighted by molar-refractivity contribution is 7.92. The summed E-state index contributed by atoms with van der Waals surface area (Å²) < 4.78 is 11.8. The minimum absolute atomic E-state index is 0.501. The van der Waals surface area contributed by atoms with Crippen molar-refractivity contribution >= 4 is 11.2 Å². The van der Waals surface area contributed by atoms with Crippen LogP contribution in [0.3, 0.4) is 0 Å². The summed E-state index contributed by atoms with van der Waals surface area (Å²) in [7, 11) is 0. The van der Waals surface area contributed by atoms with Gasteiger partial charge < -0.3 is 14.8 Å². The Bertz CT molecular complexity index is 577. The van der Waals surface area contributed by atoms with Gasteiger partial charge in [-0.1, -0.05) is 36.4 Å². The molecule has 0 aliphatic carbocycles. The molecule has 4 atom stereocenters. The monoisotopic (exact) mass is 331 g/mol. The zero-order valence-electron chi connectivity index (χ0n) is 12.8. The molecule has 1 aliphatic heterocycles. The minimum Gasteiger partial charge on any atom is -0.616 e. The quantitative estimate of drug-likeness (QED) is 0.844. The largest absolute Gasteiger partial charge is 0.616 e. The second-order valence-corrected chi connectivity index (χ2v) is 7.82. The Hall–Kier alpha value is -1.40. The van der Waals surface area contributed by atoms with Gasteiger partial charge in [0.1, 0.15) is 18.0 Å². The van der Waals surface area contributed by atoms with Crippen molar-refractivity contribution in [1.82, 2.24) is 4.98 Å². The molecule has 4 nitrogen and oxygen atoms in total. The molecule has 1 fully saturated rings. The van der Waals surface area contributed by atoms with Crippen LogP contribution in [0.2, 0.25) is 0 Å². The average Bonchev–Trinajstić information content (AvgIpc) is 2.62. The van der Waals surface area contributed by atoms with E-state index in [-0.39, 0.29) is 0 Å². The van der Waals surface area contributed by atoms with Gasteiger partial charge in [-0.3, -0.25) is 4.98 Å². The molecule has 2 aromatic rings. The molecule has 4 unspecified atom stereocenters. The molecule has 0 amide bonds. The normalized spacial score (nSPS) is 27.3. The third-order valence-electron chi connectivity index (χ3n) is 4.61. The SMILES string of the molecule is [O-][S+]1CCCCC1(C(O)c1ccccc1)C(O)c1cccnc1. The first-order chi connectivity index (χ1) is 11.2. The Labute approximate surface area is 139 Å². The highest BCUT2D eigenvalue weighted by Crippen LogP contribution is 2.49. The highest BCUT2D eigenvalue weighted by Gasteiger charge is 2.56. The van der Waals surface area contributed by atoms with Crippen LogP contribution in [0.25, 0.3) is 0 Å². The van der Waals surface area contributed by atoms with Gasteiger partial charge in [-0.2, -0.15) is 0 Å². The average molecular weight is 331 g/mol. The second kappa shape index (κ2) is 7.01. The van der Waals surface area contributed by atoms with Gasteiger partial charge in [0.15, 0.2) is 4.75 Å². The summed E-state index contributed by atoms with van der Waals surface area (Å²) in [5.74, 6) is 0.501. The maximum atomic E-state index is 12.9. The lowest BCUT2D eigenvalue weighted by atomic mass is 9.82. The summed E-state index contributed by atoms with van der Waals surface area (Å²) in [6.07, 6.45) is 3.42. The van der Waals surface area contributed by atoms with Crippen molar-refractivity contribution in [2.75, 3.05) is 5.75 Å². The Balaban J connectivity index is 2.04. The molecule has 122 valence electrons. The van der Waals surface area contributed by atoms with Crippen LogP contribution in [0.1, 0.15) is 42.6 Å². The van der Waals surface area contributed by atoms with Crippen LogP contribution in [-0.2, 0) is 11.2 Å². The van der Waals surface area contributed by atoms with Gasteiger partial charge in [-0.05, 0) is 35.6 Å². The number of aliphatic hydroxyl groups is 2. The summed E-state index contributed by atoms with van der Waals surface area (Å²) in [4.78, 5) is 4.05. The molecule has 0 radical (unpaired) electrons. The van der Waals surface area contributed by atoms with Crippen molar-refractivity contribution < 1.29 is 14.8 Å². The van der Waals surface area contributed by atoms with Crippen molar-refractivity contribution in [1.29, 1.82) is 0 Å². The fraction of sp³-hybridized carbons (Fsp3) is 0.389. The van der Waals surface area contributed by atoms with E-state index in [1.54, 1.807) is 24.5 Å². The van der Waals surface area contributed by atoms with E-state index in [1.165, 1.54) is 0 Å². The van der Waals surface area contributed by atoms with Crippen LogP contribution in [0.15, 0.2) is 54.9 Å². The Morgan fingerprint density at radius 3 is 2.35 bits per heavy atom. The van der Waals surface area contributed by atoms with E-state index in [0.29, 0.717) is 23.3 Å². The van der Waals surface area contributed by atoms with Gasteiger partial charge in [-0.15, -0.1) is 0 Å². The summed E-state index contributed by atoms with van der Waals surface area (Å²) in [5.41, 5.74) is 1.28. The molecule has 1 aromatic heterocycles. The van der Waals surface area contributed by atoms with Gasteiger partial charge in [-0.25, -0.2) is 0 Å². The van der Waals surface area contributed by atoms with Crippen molar-refractivity contribution in [3.63, 3.8) is 0 Å². The number of aromatic nitrogens is 1. The Morgan fingerprint density at radius 1 is 1.00 bits per heavy atom. The summed E-state index contributed by atoms with van der Waals surface area (Å²) in [5, 5.41) is 22.0. The zero-order chi connectivity index (χ0) is 16.3. The predicted molar refractivity (Wildman–Crippen MR) is 90.2 cm³/mol. The first-order valence-electron chi connectivity index (χ1n) is 7.86. The minimum atomic E-state index is -1.33. The van der Waals surface area contributed by atoms with Gasteiger partial charge in [0.05, 0.1) is 0 Å². The van der Waals surface area contributed by atoms with Crippen LogP contribution in [0.4, 0.5) is 0 Å². The molecule has 0 bridgehead atoms. The second-order valence-electron chi connectivity index (χ2n) is 5.96. The molecular formula is C18H21NO3S. The zero-order valence-corrected chi connectivity index (χ0v) is 13.7. The highest BCUT2D eigenvalue weighted by atomic mass is 32.2. The van der Waals surface area contributed by atoms with E-state index in [2.05, 4.69) is 4.98 Å². The standard InChI is InChI=1S/C18H21NO3S/c20-16(14-7-2-1-3-8-14)18(10-4-5-12-23(18)22)17(21)15-9-6-11-19-13-15/h1-3,6-9,11,13,16-17,20-21H,4-5,10,12H2. The Kier molecular flexibility index (Phi) is 5.02. The number of nitrogens with zero attached hydrogens (tertiary/aromatic N) is 1. The number of hydrogen-bond acceptors (Lipinski definition) is 4. The summed E-state index contributed by atoms with van der Waals surface area (Å²) in [6, 6.07) is 12.7. The molecule has 0 spiro atoms. The first-order valence-corrected chi connectivity index (χ1v) is 9.17. The van der Waals surface area contributed by atoms with Gasteiger partial charge in [0.25, 0.3) is 0 Å². The van der Waals surface area contributed by atoms with E-state index >= 15 is 0 Å². The van der Waals surface area contributed by atoms with E-state index in [1.807, 2.05) is 30.3 Å². The van der Waals surface area contributed by atoms with E-state index < -0.39 is 28.1 Å². The molecular weight excluding hydrogens is 310 g/mol. The molecule has 0 saturated carbocycles. The summed E-state index contributed by atoms with van der Waals surface area (Å²) in [6.45, 7) is 0. The molecule has 23 heavy (non-hydrogen) atoms. The van der Waals surface area contributed by atoms with E-state index in [9.17, 15) is 14.8 Å². The third-order valence-corrected chi connectivity index (χ3v) is 6.77. The molecule has 1 aliphatic rings. The van der Waals surface area contributed by atoms with Crippen molar-refractivity contribution in [3.05, 3.63) is 66.0 Å². The van der Waals surface area contributed by atoms with Gasteiger partial charge in [0, 0.05) is 24.4 Å². The lowest BCUT2D eigenvalue weighted by Gasteiger charge is -2.44. The first kappa shape index (κ1) is 16.5. The molecule has 2 N–H and O–H groups in total. The van der Waals surface area contributed by atoms with E-state index in [4.69, 9.17) is 0 Å². The van der Waals surface area contributed by atoms with Crippen molar-refractivity contribution in [2.24, 2.45) is 0 Å². The molecule has 1 aromatic carbocycles. The lowest BCUT2D eigenvalue weighted by molar-refractivity contribution is 0.0202. The topological polar surface area (TPSA) is 76.4 Å². The fourth-order valence-corrected chi connectivity index (χ4v) is 5.34. The molecule has 3 rings (SSSR count).